The monoisotopic (exact) mass is 321 g/mol. The van der Waals surface area contributed by atoms with Crippen LogP contribution in [0.1, 0.15) is 26.3 Å². The molecule has 0 spiro atoms. The van der Waals surface area contributed by atoms with E-state index >= 15 is 0 Å². The van der Waals surface area contributed by atoms with Crippen LogP contribution in [-0.4, -0.2) is 41.4 Å². The van der Waals surface area contributed by atoms with Crippen molar-refractivity contribution in [3.8, 4) is 0 Å². The highest BCUT2D eigenvalue weighted by atomic mass is 32.2. The quantitative estimate of drug-likeness (QED) is 0.895. The molecule has 1 aromatic carbocycles. The molecule has 1 atom stereocenters. The fourth-order valence-corrected chi connectivity index (χ4v) is 3.36. The highest BCUT2D eigenvalue weighted by Gasteiger charge is 2.27. The molecule has 1 saturated heterocycles. The molecule has 1 heterocycles. The van der Waals surface area contributed by atoms with Crippen LogP contribution in [0, 0.1) is 5.41 Å². The molecule has 0 aliphatic carbocycles. The second kappa shape index (κ2) is 7.49. The third kappa shape index (κ3) is 5.00. The second-order valence-electron chi connectivity index (χ2n) is 6.92. The standard InChI is InChI=1S/C17H27N3OS/c1-17(2,3)15(18)16(21)19-14-6-4-5-13(11-14)12-20-7-9-22-10-8-20/h4-6,11,15H,7-10,12,18H2,1-3H3,(H,19,21)/t15-/m1/s1. The largest absolute Gasteiger partial charge is 0.325 e. The van der Waals surface area contributed by atoms with E-state index in [9.17, 15) is 4.79 Å². The molecule has 1 aromatic rings. The van der Waals surface area contributed by atoms with Gasteiger partial charge in [0.2, 0.25) is 5.91 Å². The van der Waals surface area contributed by atoms with Gasteiger partial charge in [-0.15, -0.1) is 0 Å². The minimum absolute atomic E-state index is 0.126. The Bertz CT molecular complexity index is 507. The van der Waals surface area contributed by atoms with Crippen LogP contribution in [0.15, 0.2) is 24.3 Å². The van der Waals surface area contributed by atoms with Crippen molar-refractivity contribution in [1.82, 2.24) is 4.90 Å². The normalized spacial score (nSPS) is 18.0. The zero-order valence-electron chi connectivity index (χ0n) is 13.8. The maximum absolute atomic E-state index is 12.2. The SMILES string of the molecule is CC(C)(C)[C@H](N)C(=O)Nc1cccc(CN2CCSCC2)c1. The van der Waals surface area contributed by atoms with Crippen LogP contribution >= 0.6 is 11.8 Å². The molecule has 0 saturated carbocycles. The van der Waals surface area contributed by atoms with Gasteiger partial charge >= 0.3 is 0 Å². The van der Waals surface area contributed by atoms with Crippen LogP contribution in [0.3, 0.4) is 0 Å². The number of hydrogen-bond acceptors (Lipinski definition) is 4. The average Bonchev–Trinajstić information content (AvgIpc) is 2.47. The fraction of sp³-hybridized carbons (Fsp3) is 0.588. The summed E-state index contributed by atoms with van der Waals surface area (Å²) in [6, 6.07) is 7.56. The summed E-state index contributed by atoms with van der Waals surface area (Å²) >= 11 is 2.01. The number of hydrogen-bond donors (Lipinski definition) is 2. The first-order valence-electron chi connectivity index (χ1n) is 7.82. The lowest BCUT2D eigenvalue weighted by Gasteiger charge is -2.27. The number of nitrogens with zero attached hydrogens (tertiary/aromatic N) is 1. The van der Waals surface area contributed by atoms with E-state index in [-0.39, 0.29) is 11.3 Å². The van der Waals surface area contributed by atoms with Gasteiger partial charge in [-0.2, -0.15) is 11.8 Å². The van der Waals surface area contributed by atoms with Gasteiger partial charge in [-0.05, 0) is 23.1 Å². The minimum Gasteiger partial charge on any atom is -0.325 e. The number of amides is 1. The summed E-state index contributed by atoms with van der Waals surface area (Å²) in [6.07, 6.45) is 0. The first-order valence-corrected chi connectivity index (χ1v) is 8.97. The Hall–Kier alpha value is -1.04. The van der Waals surface area contributed by atoms with Gasteiger partial charge in [-0.3, -0.25) is 9.69 Å². The lowest BCUT2D eigenvalue weighted by Crippen LogP contribution is -2.45. The van der Waals surface area contributed by atoms with Gasteiger partial charge in [-0.25, -0.2) is 0 Å². The lowest BCUT2D eigenvalue weighted by molar-refractivity contribution is -0.119. The predicted molar refractivity (Wildman–Crippen MR) is 95.1 cm³/mol. The summed E-state index contributed by atoms with van der Waals surface area (Å²) in [5.41, 5.74) is 7.82. The average molecular weight is 321 g/mol. The molecular formula is C17H27N3OS. The molecule has 1 aliphatic heterocycles. The summed E-state index contributed by atoms with van der Waals surface area (Å²) < 4.78 is 0. The third-order valence-electron chi connectivity index (χ3n) is 3.92. The van der Waals surface area contributed by atoms with Gasteiger partial charge in [0.05, 0.1) is 6.04 Å². The lowest BCUT2D eigenvalue weighted by atomic mass is 9.87. The molecule has 0 radical (unpaired) electrons. The van der Waals surface area contributed by atoms with E-state index in [1.807, 2.05) is 44.7 Å². The van der Waals surface area contributed by atoms with Crippen LogP contribution in [0.5, 0.6) is 0 Å². The number of thioether (sulfide) groups is 1. The molecule has 1 fully saturated rings. The van der Waals surface area contributed by atoms with Crippen LogP contribution in [-0.2, 0) is 11.3 Å². The molecule has 3 N–H and O–H groups in total. The number of carbonyl (C=O) groups excluding carboxylic acids is 1. The predicted octanol–water partition coefficient (Wildman–Crippen LogP) is 2.55. The molecule has 0 unspecified atom stereocenters. The van der Waals surface area contributed by atoms with Crippen molar-refractivity contribution in [2.75, 3.05) is 29.9 Å². The number of anilines is 1. The van der Waals surface area contributed by atoms with Gasteiger partial charge in [0.25, 0.3) is 0 Å². The van der Waals surface area contributed by atoms with Gasteiger partial charge < -0.3 is 11.1 Å². The van der Waals surface area contributed by atoms with E-state index in [4.69, 9.17) is 5.73 Å². The number of nitrogens with two attached hydrogens (primary N) is 1. The summed E-state index contributed by atoms with van der Waals surface area (Å²) in [5, 5.41) is 2.94. The fourth-order valence-electron chi connectivity index (χ4n) is 2.38. The van der Waals surface area contributed by atoms with Gasteiger partial charge in [0, 0.05) is 36.8 Å². The Labute approximate surface area is 137 Å². The van der Waals surface area contributed by atoms with Crippen molar-refractivity contribution in [2.24, 2.45) is 11.1 Å². The van der Waals surface area contributed by atoms with Crippen molar-refractivity contribution in [2.45, 2.75) is 33.4 Å². The maximum Gasteiger partial charge on any atom is 0.241 e. The van der Waals surface area contributed by atoms with Crippen molar-refractivity contribution >= 4 is 23.4 Å². The maximum atomic E-state index is 12.2. The van der Waals surface area contributed by atoms with Crippen LogP contribution < -0.4 is 11.1 Å². The Kier molecular flexibility index (Phi) is 5.89. The molecular weight excluding hydrogens is 294 g/mol. The molecule has 2 rings (SSSR count). The molecule has 22 heavy (non-hydrogen) atoms. The van der Waals surface area contributed by atoms with E-state index < -0.39 is 6.04 Å². The van der Waals surface area contributed by atoms with Crippen molar-refractivity contribution in [3.05, 3.63) is 29.8 Å². The first-order chi connectivity index (χ1) is 10.4. The van der Waals surface area contributed by atoms with E-state index in [1.54, 1.807) is 0 Å². The molecule has 5 heteroatoms. The number of carbonyl (C=O) groups is 1. The topological polar surface area (TPSA) is 58.4 Å². The van der Waals surface area contributed by atoms with Gasteiger partial charge in [0.15, 0.2) is 0 Å². The van der Waals surface area contributed by atoms with E-state index in [2.05, 4.69) is 22.3 Å². The molecule has 1 amide bonds. The number of rotatable bonds is 4. The molecule has 1 aliphatic rings. The minimum atomic E-state index is -0.518. The molecule has 4 nitrogen and oxygen atoms in total. The van der Waals surface area contributed by atoms with Gasteiger partial charge in [0.1, 0.15) is 0 Å². The van der Waals surface area contributed by atoms with Gasteiger partial charge in [-0.1, -0.05) is 32.9 Å². The summed E-state index contributed by atoms with van der Waals surface area (Å²) in [5.74, 6) is 2.28. The van der Waals surface area contributed by atoms with Crippen molar-refractivity contribution in [3.63, 3.8) is 0 Å². The Morgan fingerprint density at radius 1 is 1.36 bits per heavy atom. The van der Waals surface area contributed by atoms with Crippen LogP contribution in [0.2, 0.25) is 0 Å². The summed E-state index contributed by atoms with van der Waals surface area (Å²) in [4.78, 5) is 14.7. The zero-order valence-corrected chi connectivity index (χ0v) is 14.6. The Morgan fingerprint density at radius 3 is 2.68 bits per heavy atom. The third-order valence-corrected chi connectivity index (χ3v) is 4.86. The molecule has 0 bridgehead atoms. The summed E-state index contributed by atoms with van der Waals surface area (Å²) in [7, 11) is 0. The second-order valence-corrected chi connectivity index (χ2v) is 8.15. The first kappa shape index (κ1) is 17.3. The van der Waals surface area contributed by atoms with Crippen molar-refractivity contribution < 1.29 is 4.79 Å². The molecule has 0 aromatic heterocycles. The Balaban J connectivity index is 1.97. The van der Waals surface area contributed by atoms with Crippen LogP contribution in [0.4, 0.5) is 5.69 Å². The van der Waals surface area contributed by atoms with Crippen molar-refractivity contribution in [1.29, 1.82) is 0 Å². The smallest absolute Gasteiger partial charge is 0.241 e. The highest BCUT2D eigenvalue weighted by Crippen LogP contribution is 2.20. The van der Waals surface area contributed by atoms with E-state index in [0.29, 0.717) is 0 Å². The zero-order chi connectivity index (χ0) is 16.2. The summed E-state index contributed by atoms with van der Waals surface area (Å²) in [6.45, 7) is 9.13. The number of benzene rings is 1. The highest BCUT2D eigenvalue weighted by molar-refractivity contribution is 7.99. The number of nitrogens with one attached hydrogen (secondary N) is 1. The van der Waals surface area contributed by atoms with E-state index in [1.165, 1.54) is 17.1 Å². The molecule has 122 valence electrons. The van der Waals surface area contributed by atoms with E-state index in [0.717, 1.165) is 25.3 Å². The van der Waals surface area contributed by atoms with Crippen LogP contribution in [0.25, 0.3) is 0 Å². The Morgan fingerprint density at radius 2 is 2.05 bits per heavy atom.